The summed E-state index contributed by atoms with van der Waals surface area (Å²) < 4.78 is 8.36. The molecule has 12 heteroatoms. The maximum absolute atomic E-state index is 14.8. The van der Waals surface area contributed by atoms with E-state index in [2.05, 4.69) is 39.4 Å². The van der Waals surface area contributed by atoms with Crippen LogP contribution < -0.4 is 4.90 Å². The first-order valence-electron chi connectivity index (χ1n) is 15.2. The number of hydrogen-bond acceptors (Lipinski definition) is 7. The lowest BCUT2D eigenvalue weighted by atomic mass is 9.70. The molecule has 3 aromatic rings. The second-order valence-corrected chi connectivity index (χ2v) is 13.0. The molecule has 236 valence electrons. The van der Waals surface area contributed by atoms with E-state index in [0.717, 1.165) is 5.52 Å². The number of amides is 3. The molecule has 45 heavy (non-hydrogen) atoms. The van der Waals surface area contributed by atoms with Gasteiger partial charge in [0.25, 0.3) is 0 Å². The van der Waals surface area contributed by atoms with E-state index in [1.165, 1.54) is 4.90 Å². The number of anilines is 1. The number of carbonyl (C=O) groups excluding carboxylic acids is 3. The molecule has 3 saturated heterocycles. The van der Waals surface area contributed by atoms with Crippen molar-refractivity contribution in [1.29, 1.82) is 0 Å². The number of aliphatic hydroxyl groups excluding tert-OH is 1. The Morgan fingerprint density at radius 3 is 2.53 bits per heavy atom. The van der Waals surface area contributed by atoms with E-state index in [-0.39, 0.29) is 48.9 Å². The van der Waals surface area contributed by atoms with Crippen molar-refractivity contribution in [2.24, 2.45) is 11.8 Å². The van der Waals surface area contributed by atoms with Crippen LogP contribution in [0.5, 0.6) is 0 Å². The maximum Gasteiger partial charge on any atom is 0.250 e. The highest BCUT2D eigenvalue weighted by Gasteiger charge is 2.77. The first kappa shape index (κ1) is 31.1. The lowest BCUT2D eigenvalue weighted by Gasteiger charge is -2.39. The molecule has 0 saturated carbocycles. The molecule has 3 aliphatic rings. The molecule has 3 amide bonds. The molecular formula is C33H37BrN6O5. The van der Waals surface area contributed by atoms with Gasteiger partial charge < -0.3 is 24.5 Å². The zero-order valence-corrected chi connectivity index (χ0v) is 26.7. The van der Waals surface area contributed by atoms with Gasteiger partial charge in [-0.1, -0.05) is 70.6 Å². The van der Waals surface area contributed by atoms with Crippen LogP contribution in [-0.2, 0) is 25.8 Å². The lowest BCUT2D eigenvalue weighted by molar-refractivity contribution is -0.152. The minimum Gasteiger partial charge on any atom is -0.394 e. The van der Waals surface area contributed by atoms with E-state index in [9.17, 15) is 19.5 Å². The maximum atomic E-state index is 14.8. The van der Waals surface area contributed by atoms with Gasteiger partial charge in [-0.05, 0) is 37.1 Å². The standard InChI is InChI=1S/C33H37BrN6O5/c1-4-16-37(20-39-25-15-11-10-14-24(25)35-36-39)32(44)29-33-18-23(34)28(45-33)26(27(33)31(43)40(29)21(6-3)19-41)30(42)38(17-5-2)22-12-8-7-9-13-22/h4-5,7-15,21,23,26-29,41H,1-2,6,16-20H2,3H3/t21-,23?,26+,27-,28+,29?,33?/m0/s1. The van der Waals surface area contributed by atoms with Crippen molar-refractivity contribution < 1.29 is 24.2 Å². The fourth-order valence-corrected chi connectivity index (χ4v) is 8.35. The molecule has 7 atom stereocenters. The van der Waals surface area contributed by atoms with Crippen LogP contribution in [0.2, 0.25) is 0 Å². The van der Waals surface area contributed by atoms with Crippen molar-refractivity contribution in [2.45, 2.75) is 55.0 Å². The SMILES string of the molecule is C=CCN(Cn1nnc2ccccc21)C(=O)C1N([C@@H](CC)CO)C(=O)[C@@H]2[C@@H](C(=O)N(CC=C)c3ccccc3)[C@@H]3OC12CC3Br. The minimum atomic E-state index is -1.28. The Bertz CT molecular complexity index is 1610. The number of halogens is 1. The number of alkyl halides is 1. The third kappa shape index (κ3) is 4.99. The summed E-state index contributed by atoms with van der Waals surface area (Å²) in [7, 11) is 0. The Hall–Kier alpha value is -3.87. The number of rotatable bonds is 12. The number of aliphatic hydroxyl groups is 1. The number of carbonyl (C=O) groups is 3. The van der Waals surface area contributed by atoms with Crippen LogP contribution in [0, 0.1) is 11.8 Å². The Kier molecular flexibility index (Phi) is 8.64. The van der Waals surface area contributed by atoms with E-state index >= 15 is 0 Å². The number of para-hydroxylation sites is 2. The van der Waals surface area contributed by atoms with Gasteiger partial charge in [-0.2, -0.15) is 0 Å². The number of hydrogen-bond donors (Lipinski definition) is 1. The second-order valence-electron chi connectivity index (χ2n) is 11.8. The molecule has 4 heterocycles. The fourth-order valence-electron chi connectivity index (χ4n) is 7.41. The molecule has 6 rings (SSSR count). The summed E-state index contributed by atoms with van der Waals surface area (Å²) in [4.78, 5) is 48.2. The summed E-state index contributed by atoms with van der Waals surface area (Å²) in [6, 6.07) is 15.0. The predicted molar refractivity (Wildman–Crippen MR) is 172 cm³/mol. The van der Waals surface area contributed by atoms with Crippen LogP contribution in [0.15, 0.2) is 79.9 Å². The zero-order valence-electron chi connectivity index (χ0n) is 25.1. The van der Waals surface area contributed by atoms with Gasteiger partial charge in [0, 0.05) is 23.6 Å². The van der Waals surface area contributed by atoms with Gasteiger partial charge in [0.2, 0.25) is 17.7 Å². The van der Waals surface area contributed by atoms with Crippen LogP contribution in [0.4, 0.5) is 5.69 Å². The smallest absolute Gasteiger partial charge is 0.250 e. The molecule has 3 fully saturated rings. The molecule has 1 N–H and O–H groups in total. The molecular weight excluding hydrogens is 640 g/mol. The summed E-state index contributed by atoms with van der Waals surface area (Å²) in [6.07, 6.45) is 3.41. The third-order valence-corrected chi connectivity index (χ3v) is 10.2. The van der Waals surface area contributed by atoms with E-state index < -0.39 is 35.6 Å². The molecule has 11 nitrogen and oxygen atoms in total. The lowest BCUT2D eigenvalue weighted by Crippen LogP contribution is -2.59. The number of ether oxygens (including phenoxy) is 1. The van der Waals surface area contributed by atoms with E-state index in [1.807, 2.05) is 61.5 Å². The van der Waals surface area contributed by atoms with Crippen molar-refractivity contribution in [2.75, 3.05) is 24.6 Å². The highest BCUT2D eigenvalue weighted by atomic mass is 79.9. The summed E-state index contributed by atoms with van der Waals surface area (Å²) >= 11 is 3.75. The van der Waals surface area contributed by atoms with Gasteiger partial charge in [0.15, 0.2) is 0 Å². The molecule has 2 aromatic carbocycles. The van der Waals surface area contributed by atoms with Crippen molar-refractivity contribution in [1.82, 2.24) is 24.8 Å². The van der Waals surface area contributed by atoms with Gasteiger partial charge in [-0.25, -0.2) is 4.68 Å². The summed E-state index contributed by atoms with van der Waals surface area (Å²) in [6.45, 7) is 9.72. The van der Waals surface area contributed by atoms with Gasteiger partial charge in [0.1, 0.15) is 23.8 Å². The summed E-state index contributed by atoms with van der Waals surface area (Å²) in [5.74, 6) is -2.74. The van der Waals surface area contributed by atoms with E-state index in [1.54, 1.807) is 26.6 Å². The van der Waals surface area contributed by atoms with Crippen molar-refractivity contribution >= 4 is 50.4 Å². The quantitative estimate of drug-likeness (QED) is 0.231. The van der Waals surface area contributed by atoms with Crippen LogP contribution in [-0.4, -0.2) is 95.9 Å². The van der Waals surface area contributed by atoms with Crippen LogP contribution >= 0.6 is 15.9 Å². The monoisotopic (exact) mass is 676 g/mol. The highest BCUT2D eigenvalue weighted by molar-refractivity contribution is 9.09. The molecule has 0 radical (unpaired) electrons. The first-order valence-corrected chi connectivity index (χ1v) is 16.1. The zero-order chi connectivity index (χ0) is 31.9. The highest BCUT2D eigenvalue weighted by Crippen LogP contribution is 2.61. The molecule has 2 bridgehead atoms. The molecule has 1 aromatic heterocycles. The van der Waals surface area contributed by atoms with Gasteiger partial charge in [-0.3, -0.25) is 14.4 Å². The fraction of sp³-hybridized carbons (Fsp3) is 0.424. The van der Waals surface area contributed by atoms with Gasteiger partial charge in [0.05, 0.1) is 36.1 Å². The predicted octanol–water partition coefficient (Wildman–Crippen LogP) is 3.14. The minimum absolute atomic E-state index is 0.0607. The Morgan fingerprint density at radius 1 is 1.13 bits per heavy atom. The first-order chi connectivity index (χ1) is 21.8. The van der Waals surface area contributed by atoms with Crippen LogP contribution in [0.1, 0.15) is 19.8 Å². The summed E-state index contributed by atoms with van der Waals surface area (Å²) in [5.41, 5.74) is 0.842. The topological polar surface area (TPSA) is 121 Å². The van der Waals surface area contributed by atoms with Gasteiger partial charge >= 0.3 is 0 Å². The van der Waals surface area contributed by atoms with Crippen molar-refractivity contribution in [3.05, 3.63) is 79.9 Å². The third-order valence-electron chi connectivity index (χ3n) is 9.35. The van der Waals surface area contributed by atoms with Crippen molar-refractivity contribution in [3.63, 3.8) is 0 Å². The van der Waals surface area contributed by atoms with Crippen molar-refractivity contribution in [3.8, 4) is 0 Å². The van der Waals surface area contributed by atoms with E-state index in [4.69, 9.17) is 4.74 Å². The Labute approximate surface area is 270 Å². The molecule has 3 unspecified atom stereocenters. The molecule has 0 aliphatic carbocycles. The number of fused-ring (bicyclic) bond motifs is 2. The van der Waals surface area contributed by atoms with Gasteiger partial charge in [-0.15, -0.1) is 18.3 Å². The Morgan fingerprint density at radius 2 is 1.84 bits per heavy atom. The van der Waals surface area contributed by atoms with Crippen LogP contribution in [0.3, 0.4) is 0 Å². The Balaban J connectivity index is 1.42. The number of benzene rings is 2. The summed E-state index contributed by atoms with van der Waals surface area (Å²) in [5, 5.41) is 18.9. The molecule has 1 spiro atoms. The average Bonchev–Trinajstić information content (AvgIpc) is 3.77. The largest absolute Gasteiger partial charge is 0.394 e. The van der Waals surface area contributed by atoms with E-state index in [0.29, 0.717) is 24.0 Å². The number of aromatic nitrogens is 3. The average molecular weight is 678 g/mol. The van der Waals surface area contributed by atoms with Crippen LogP contribution in [0.25, 0.3) is 11.0 Å². The number of nitrogens with zero attached hydrogens (tertiary/aromatic N) is 6. The molecule has 3 aliphatic heterocycles. The second kappa shape index (κ2) is 12.5. The number of likely N-dealkylation sites (tertiary alicyclic amines) is 1. The normalized spacial score (nSPS) is 27.4.